The molecule has 0 saturated carbocycles. The van der Waals surface area contributed by atoms with Gasteiger partial charge in [-0.1, -0.05) is 6.42 Å². The van der Waals surface area contributed by atoms with E-state index in [1.807, 2.05) is 6.07 Å². The molecule has 0 aliphatic heterocycles. The minimum atomic E-state index is -3.87. The highest BCUT2D eigenvalue weighted by Gasteiger charge is 2.25. The topological polar surface area (TPSA) is 93.1 Å². The van der Waals surface area contributed by atoms with Crippen molar-refractivity contribution < 1.29 is 13.2 Å². The zero-order chi connectivity index (χ0) is 18.2. The number of nitrogens with one attached hydrogen (secondary N) is 2. The molecule has 2 heterocycles. The van der Waals surface area contributed by atoms with Gasteiger partial charge in [0.05, 0.1) is 16.3 Å². The lowest BCUT2D eigenvalue weighted by Gasteiger charge is -2.08. The Morgan fingerprint density at radius 1 is 1.24 bits per heavy atom. The molecule has 2 aromatic heterocycles. The summed E-state index contributed by atoms with van der Waals surface area (Å²) in [6.45, 7) is 3.30. The number of sulfonamides is 1. The summed E-state index contributed by atoms with van der Waals surface area (Å²) in [6, 6.07) is 1.88. The van der Waals surface area contributed by atoms with Crippen molar-refractivity contribution in [3.05, 3.63) is 32.8 Å². The van der Waals surface area contributed by atoms with Gasteiger partial charge in [-0.3, -0.25) is 14.9 Å². The number of aromatic nitrogens is 2. The third kappa shape index (κ3) is 3.63. The Hall–Kier alpha value is -1.71. The van der Waals surface area contributed by atoms with Crippen LogP contribution in [-0.4, -0.2) is 24.1 Å². The van der Waals surface area contributed by atoms with Gasteiger partial charge in [-0.2, -0.15) is 5.10 Å². The minimum absolute atomic E-state index is 0.0947. The van der Waals surface area contributed by atoms with Crippen LogP contribution in [0.4, 0.5) is 0 Å². The van der Waals surface area contributed by atoms with E-state index in [4.69, 9.17) is 0 Å². The molecule has 0 unspecified atom stereocenters. The Labute approximate surface area is 151 Å². The van der Waals surface area contributed by atoms with E-state index in [1.54, 1.807) is 20.9 Å². The molecule has 25 heavy (non-hydrogen) atoms. The second kappa shape index (κ2) is 6.89. The van der Waals surface area contributed by atoms with Crippen LogP contribution in [0.25, 0.3) is 0 Å². The molecule has 1 amide bonds. The summed E-state index contributed by atoms with van der Waals surface area (Å²) in [4.78, 5) is 16.4. The average molecular weight is 383 g/mol. The van der Waals surface area contributed by atoms with E-state index in [0.29, 0.717) is 16.3 Å². The van der Waals surface area contributed by atoms with Gasteiger partial charge in [0, 0.05) is 11.9 Å². The van der Waals surface area contributed by atoms with Crippen LogP contribution in [0.2, 0.25) is 0 Å². The summed E-state index contributed by atoms with van der Waals surface area (Å²) < 4.78 is 26.5. The minimum Gasteiger partial charge on any atom is -0.273 e. The van der Waals surface area contributed by atoms with Crippen LogP contribution in [0.1, 0.15) is 50.8 Å². The molecule has 136 valence electrons. The Morgan fingerprint density at radius 2 is 1.96 bits per heavy atom. The van der Waals surface area contributed by atoms with Gasteiger partial charge >= 0.3 is 0 Å². The van der Waals surface area contributed by atoms with Crippen molar-refractivity contribution in [2.24, 2.45) is 7.05 Å². The lowest BCUT2D eigenvalue weighted by molar-refractivity contribution is 0.0949. The van der Waals surface area contributed by atoms with Crippen LogP contribution in [0.3, 0.4) is 0 Å². The first-order valence-corrected chi connectivity index (χ1v) is 10.5. The standard InChI is InChI=1S/C16H22N4O3S2/c1-10-15(11(2)20(3)18-10)25(22,23)19-17-16(21)14-9-12-7-5-4-6-8-13(12)24-14/h9,19H,4-8H2,1-3H3,(H,17,21). The summed E-state index contributed by atoms with van der Waals surface area (Å²) in [6.07, 6.45) is 5.47. The third-order valence-corrected chi connectivity index (χ3v) is 7.22. The molecule has 0 atom stereocenters. The smallest absolute Gasteiger partial charge is 0.273 e. The number of nitrogens with zero attached hydrogens (tertiary/aromatic N) is 2. The van der Waals surface area contributed by atoms with Crippen LogP contribution in [0.5, 0.6) is 0 Å². The number of carbonyl (C=O) groups is 1. The molecule has 0 spiro atoms. The van der Waals surface area contributed by atoms with Crippen molar-refractivity contribution in [1.29, 1.82) is 0 Å². The molecule has 0 bridgehead atoms. The third-order valence-electron chi connectivity index (χ3n) is 4.48. The first-order chi connectivity index (χ1) is 11.8. The fourth-order valence-corrected chi connectivity index (χ4v) is 5.58. The number of hydrogen-bond donors (Lipinski definition) is 2. The molecule has 0 fully saturated rings. The molecule has 1 aliphatic carbocycles. The van der Waals surface area contributed by atoms with Crippen molar-refractivity contribution in [3.8, 4) is 0 Å². The van der Waals surface area contributed by atoms with Crippen molar-refractivity contribution in [1.82, 2.24) is 20.0 Å². The summed E-state index contributed by atoms with van der Waals surface area (Å²) in [5.41, 5.74) is 4.45. The number of hydrazine groups is 1. The van der Waals surface area contributed by atoms with Crippen molar-refractivity contribution in [3.63, 3.8) is 0 Å². The van der Waals surface area contributed by atoms with Gasteiger partial charge in [0.15, 0.2) is 0 Å². The van der Waals surface area contributed by atoms with E-state index in [0.717, 1.165) is 25.7 Å². The first kappa shape index (κ1) is 18.1. The molecule has 0 saturated heterocycles. The monoisotopic (exact) mass is 382 g/mol. The maximum atomic E-state index is 12.5. The molecule has 2 aromatic rings. The maximum Gasteiger partial charge on any atom is 0.276 e. The predicted octanol–water partition coefficient (Wildman–Crippen LogP) is 1.99. The first-order valence-electron chi connectivity index (χ1n) is 8.23. The molecule has 3 rings (SSSR count). The summed E-state index contributed by atoms with van der Waals surface area (Å²) in [7, 11) is -2.19. The number of rotatable bonds is 4. The van der Waals surface area contributed by atoms with Gasteiger partial charge in [0.25, 0.3) is 15.9 Å². The lowest BCUT2D eigenvalue weighted by Crippen LogP contribution is -2.41. The second-order valence-electron chi connectivity index (χ2n) is 6.30. The van der Waals surface area contributed by atoms with Crippen molar-refractivity contribution in [2.75, 3.05) is 0 Å². The Kier molecular flexibility index (Phi) is 4.99. The maximum absolute atomic E-state index is 12.5. The van der Waals surface area contributed by atoms with E-state index in [9.17, 15) is 13.2 Å². The number of thiophene rings is 1. The Balaban J connectivity index is 1.74. The summed E-state index contributed by atoms with van der Waals surface area (Å²) >= 11 is 1.45. The highest BCUT2D eigenvalue weighted by atomic mass is 32.2. The van der Waals surface area contributed by atoms with Gasteiger partial charge in [0.1, 0.15) is 4.90 Å². The number of amides is 1. The van der Waals surface area contributed by atoms with Crippen LogP contribution >= 0.6 is 11.3 Å². The second-order valence-corrected chi connectivity index (χ2v) is 9.06. The molecule has 0 aromatic carbocycles. The number of fused-ring (bicyclic) bond motifs is 1. The van der Waals surface area contributed by atoms with E-state index in [2.05, 4.69) is 15.4 Å². The molecule has 1 aliphatic rings. The molecule has 7 nitrogen and oxygen atoms in total. The van der Waals surface area contributed by atoms with Gasteiger partial charge in [0.2, 0.25) is 0 Å². The number of hydrogen-bond acceptors (Lipinski definition) is 5. The fraction of sp³-hybridized carbons (Fsp3) is 0.500. The largest absolute Gasteiger partial charge is 0.276 e. The van der Waals surface area contributed by atoms with Crippen LogP contribution in [-0.2, 0) is 29.9 Å². The van der Waals surface area contributed by atoms with Crippen LogP contribution < -0.4 is 10.3 Å². The van der Waals surface area contributed by atoms with Crippen molar-refractivity contribution >= 4 is 27.3 Å². The molecular weight excluding hydrogens is 360 g/mol. The number of aryl methyl sites for hydroxylation is 4. The Bertz CT molecular complexity index is 889. The molecular formula is C16H22N4O3S2. The molecule has 0 radical (unpaired) electrons. The lowest BCUT2D eigenvalue weighted by atomic mass is 10.1. The zero-order valence-electron chi connectivity index (χ0n) is 14.5. The van der Waals surface area contributed by atoms with Gasteiger partial charge in [-0.15, -0.1) is 16.2 Å². The normalized spacial score (nSPS) is 14.8. The Morgan fingerprint density at radius 3 is 2.64 bits per heavy atom. The van der Waals surface area contributed by atoms with Gasteiger partial charge in [-0.25, -0.2) is 8.42 Å². The highest BCUT2D eigenvalue weighted by molar-refractivity contribution is 7.89. The summed E-state index contributed by atoms with van der Waals surface area (Å²) in [5, 5.41) is 4.10. The number of carbonyl (C=O) groups excluding carboxylic acids is 1. The van der Waals surface area contributed by atoms with Crippen molar-refractivity contribution in [2.45, 2.75) is 50.8 Å². The molecule has 9 heteroatoms. The average Bonchev–Trinajstić information content (AvgIpc) is 2.98. The van der Waals surface area contributed by atoms with Crippen LogP contribution in [0.15, 0.2) is 11.0 Å². The van der Waals surface area contributed by atoms with E-state index in [1.165, 1.54) is 32.9 Å². The van der Waals surface area contributed by atoms with Gasteiger partial charge < -0.3 is 0 Å². The predicted molar refractivity (Wildman–Crippen MR) is 96.0 cm³/mol. The van der Waals surface area contributed by atoms with Crippen LogP contribution in [0, 0.1) is 13.8 Å². The highest BCUT2D eigenvalue weighted by Crippen LogP contribution is 2.29. The summed E-state index contributed by atoms with van der Waals surface area (Å²) in [5.74, 6) is -0.430. The zero-order valence-corrected chi connectivity index (χ0v) is 16.2. The van der Waals surface area contributed by atoms with E-state index < -0.39 is 15.9 Å². The van der Waals surface area contributed by atoms with Gasteiger partial charge in [-0.05, 0) is 51.2 Å². The van der Waals surface area contributed by atoms with E-state index >= 15 is 0 Å². The SMILES string of the molecule is Cc1nn(C)c(C)c1S(=O)(=O)NNC(=O)c1cc2c(s1)CCCCC2. The molecule has 2 N–H and O–H groups in total. The fourth-order valence-electron chi connectivity index (χ4n) is 3.15. The quantitative estimate of drug-likeness (QED) is 0.625. The van der Waals surface area contributed by atoms with E-state index in [-0.39, 0.29) is 4.90 Å².